The van der Waals surface area contributed by atoms with Gasteiger partial charge in [0, 0.05) is 12.2 Å². The standard InChI is InChI=1S/C25H29ClN2O4/c1-7-8-22(29)28(18-11-14-21(32-6)20(26)15-18)23(25(2,3)4)24(30)27-16-17-9-12-19(31-5)13-10-17/h9-15,23H,16H2,1-6H3,(H,27,30). The minimum absolute atomic E-state index is 0.300. The monoisotopic (exact) mass is 456 g/mol. The van der Waals surface area contributed by atoms with Crippen molar-refractivity contribution < 1.29 is 19.1 Å². The zero-order valence-electron chi connectivity index (χ0n) is 19.3. The Morgan fingerprint density at radius 3 is 2.25 bits per heavy atom. The number of amides is 2. The number of benzene rings is 2. The summed E-state index contributed by atoms with van der Waals surface area (Å²) in [6.07, 6.45) is 0. The van der Waals surface area contributed by atoms with Gasteiger partial charge in [0.2, 0.25) is 5.91 Å². The molecule has 2 rings (SSSR count). The quantitative estimate of drug-likeness (QED) is 0.625. The fourth-order valence-corrected chi connectivity index (χ4v) is 3.53. The lowest BCUT2D eigenvalue weighted by Crippen LogP contribution is -2.56. The number of hydrogen-bond donors (Lipinski definition) is 1. The van der Waals surface area contributed by atoms with Gasteiger partial charge >= 0.3 is 5.91 Å². The number of halogens is 1. The van der Waals surface area contributed by atoms with Crippen LogP contribution in [0.25, 0.3) is 0 Å². The van der Waals surface area contributed by atoms with Crippen molar-refractivity contribution >= 4 is 29.1 Å². The molecule has 0 bridgehead atoms. The maximum absolute atomic E-state index is 13.4. The SMILES string of the molecule is CC#CC(=O)N(c1ccc(OC)c(Cl)c1)C(C(=O)NCc1ccc(OC)cc1)C(C)(C)C. The van der Waals surface area contributed by atoms with Crippen LogP contribution >= 0.6 is 11.6 Å². The van der Waals surface area contributed by atoms with E-state index in [2.05, 4.69) is 17.2 Å². The van der Waals surface area contributed by atoms with Crippen molar-refractivity contribution in [1.29, 1.82) is 0 Å². The minimum Gasteiger partial charge on any atom is -0.497 e. The van der Waals surface area contributed by atoms with Gasteiger partial charge in [0.25, 0.3) is 0 Å². The van der Waals surface area contributed by atoms with Gasteiger partial charge in [0.1, 0.15) is 17.5 Å². The van der Waals surface area contributed by atoms with Crippen LogP contribution in [0.4, 0.5) is 5.69 Å². The highest BCUT2D eigenvalue weighted by Gasteiger charge is 2.39. The van der Waals surface area contributed by atoms with Gasteiger partial charge in [-0.2, -0.15) is 0 Å². The highest BCUT2D eigenvalue weighted by atomic mass is 35.5. The second-order valence-electron chi connectivity index (χ2n) is 8.20. The molecular formula is C25H29ClN2O4. The first-order valence-corrected chi connectivity index (χ1v) is 10.5. The molecule has 7 heteroatoms. The van der Waals surface area contributed by atoms with E-state index in [0.29, 0.717) is 23.0 Å². The lowest BCUT2D eigenvalue weighted by atomic mass is 9.84. The summed E-state index contributed by atoms with van der Waals surface area (Å²) >= 11 is 6.31. The summed E-state index contributed by atoms with van der Waals surface area (Å²) in [5, 5.41) is 3.28. The third-order valence-corrected chi connectivity index (χ3v) is 5.11. The summed E-state index contributed by atoms with van der Waals surface area (Å²) in [6, 6.07) is 11.5. The summed E-state index contributed by atoms with van der Waals surface area (Å²) in [4.78, 5) is 27.8. The molecule has 32 heavy (non-hydrogen) atoms. The molecular weight excluding hydrogens is 428 g/mol. The lowest BCUT2D eigenvalue weighted by molar-refractivity contribution is -0.127. The van der Waals surface area contributed by atoms with Crippen molar-refractivity contribution in [3.63, 3.8) is 0 Å². The van der Waals surface area contributed by atoms with Crippen LogP contribution in [0.2, 0.25) is 5.02 Å². The third kappa shape index (κ3) is 6.18. The number of methoxy groups -OCH3 is 2. The molecule has 0 fully saturated rings. The first kappa shape index (κ1) is 25.1. The van der Waals surface area contributed by atoms with Crippen LogP contribution in [-0.4, -0.2) is 32.1 Å². The molecule has 0 aromatic heterocycles. The van der Waals surface area contributed by atoms with Gasteiger partial charge < -0.3 is 14.8 Å². The predicted molar refractivity (Wildman–Crippen MR) is 127 cm³/mol. The summed E-state index contributed by atoms with van der Waals surface area (Å²) in [5.74, 6) is 5.60. The van der Waals surface area contributed by atoms with Crippen LogP contribution in [0, 0.1) is 17.3 Å². The van der Waals surface area contributed by atoms with Crippen molar-refractivity contribution in [2.24, 2.45) is 5.41 Å². The molecule has 1 unspecified atom stereocenters. The van der Waals surface area contributed by atoms with Crippen LogP contribution in [0.3, 0.4) is 0 Å². The van der Waals surface area contributed by atoms with E-state index in [1.165, 1.54) is 12.0 Å². The summed E-state index contributed by atoms with van der Waals surface area (Å²) in [7, 11) is 3.11. The van der Waals surface area contributed by atoms with Crippen LogP contribution in [0.5, 0.6) is 11.5 Å². The first-order chi connectivity index (χ1) is 15.1. The van der Waals surface area contributed by atoms with Gasteiger partial charge in [-0.25, -0.2) is 0 Å². The Hall–Kier alpha value is -3.17. The molecule has 2 aromatic carbocycles. The maximum atomic E-state index is 13.4. The molecule has 0 radical (unpaired) electrons. The van der Waals surface area contributed by atoms with E-state index in [1.807, 2.05) is 45.0 Å². The molecule has 0 spiro atoms. The number of nitrogens with one attached hydrogen (secondary N) is 1. The Labute approximate surface area is 194 Å². The molecule has 6 nitrogen and oxygen atoms in total. The van der Waals surface area contributed by atoms with Crippen molar-refractivity contribution in [1.82, 2.24) is 5.32 Å². The van der Waals surface area contributed by atoms with E-state index in [9.17, 15) is 9.59 Å². The van der Waals surface area contributed by atoms with Gasteiger partial charge in [0.05, 0.1) is 19.2 Å². The minimum atomic E-state index is -0.835. The molecule has 0 heterocycles. The third-order valence-electron chi connectivity index (χ3n) is 4.82. The summed E-state index contributed by atoms with van der Waals surface area (Å²) < 4.78 is 10.4. The van der Waals surface area contributed by atoms with E-state index in [1.54, 1.807) is 32.2 Å². The number of ether oxygens (including phenoxy) is 2. The smallest absolute Gasteiger partial charge is 0.303 e. The Bertz CT molecular complexity index is 1020. The van der Waals surface area contributed by atoms with Gasteiger partial charge in [-0.3, -0.25) is 14.5 Å². The lowest BCUT2D eigenvalue weighted by Gasteiger charge is -2.38. The van der Waals surface area contributed by atoms with E-state index >= 15 is 0 Å². The average molecular weight is 457 g/mol. The highest BCUT2D eigenvalue weighted by Crippen LogP contribution is 2.34. The molecule has 1 atom stereocenters. The Kier molecular flexibility index (Phi) is 8.56. The summed E-state index contributed by atoms with van der Waals surface area (Å²) in [6.45, 7) is 7.58. The van der Waals surface area contributed by atoms with Gasteiger partial charge in [-0.1, -0.05) is 50.4 Å². The molecule has 1 N–H and O–H groups in total. The number of anilines is 1. The van der Waals surface area contributed by atoms with Crippen molar-refractivity contribution in [2.75, 3.05) is 19.1 Å². The Morgan fingerprint density at radius 2 is 1.75 bits per heavy atom. The van der Waals surface area contributed by atoms with E-state index in [-0.39, 0.29) is 5.91 Å². The zero-order chi connectivity index (χ0) is 23.9. The van der Waals surface area contributed by atoms with Crippen LogP contribution in [0.1, 0.15) is 33.3 Å². The van der Waals surface area contributed by atoms with Crippen LogP contribution in [-0.2, 0) is 16.1 Å². The molecule has 0 aliphatic heterocycles. The Balaban J connectivity index is 2.41. The van der Waals surface area contributed by atoms with Gasteiger partial charge in [-0.05, 0) is 54.2 Å². The predicted octanol–water partition coefficient (Wildman–Crippen LogP) is 4.44. The molecule has 170 valence electrons. The van der Waals surface area contributed by atoms with E-state index < -0.39 is 17.4 Å². The van der Waals surface area contributed by atoms with Crippen molar-refractivity contribution in [2.45, 2.75) is 40.3 Å². The molecule has 0 aliphatic carbocycles. The molecule has 2 amide bonds. The number of carbonyl (C=O) groups is 2. The number of nitrogens with zero attached hydrogens (tertiary/aromatic N) is 1. The number of rotatable bonds is 7. The number of carbonyl (C=O) groups excluding carboxylic acids is 2. The normalized spacial score (nSPS) is 11.6. The van der Waals surface area contributed by atoms with E-state index in [4.69, 9.17) is 21.1 Å². The largest absolute Gasteiger partial charge is 0.497 e. The van der Waals surface area contributed by atoms with Crippen molar-refractivity contribution in [3.8, 4) is 23.3 Å². The second-order valence-corrected chi connectivity index (χ2v) is 8.61. The van der Waals surface area contributed by atoms with E-state index in [0.717, 1.165) is 11.3 Å². The topological polar surface area (TPSA) is 67.9 Å². The zero-order valence-corrected chi connectivity index (χ0v) is 20.0. The Morgan fingerprint density at radius 1 is 1.09 bits per heavy atom. The summed E-state index contributed by atoms with van der Waals surface area (Å²) in [5.41, 5.74) is 0.773. The van der Waals surface area contributed by atoms with Gasteiger partial charge in [0.15, 0.2) is 0 Å². The fraction of sp³-hybridized carbons (Fsp3) is 0.360. The first-order valence-electron chi connectivity index (χ1n) is 10.1. The second kappa shape index (κ2) is 10.9. The van der Waals surface area contributed by atoms with Crippen molar-refractivity contribution in [3.05, 3.63) is 53.1 Å². The number of hydrogen-bond acceptors (Lipinski definition) is 4. The fourth-order valence-electron chi connectivity index (χ4n) is 3.28. The van der Waals surface area contributed by atoms with Crippen LogP contribution < -0.4 is 19.7 Å². The highest BCUT2D eigenvalue weighted by molar-refractivity contribution is 6.32. The van der Waals surface area contributed by atoms with Crippen LogP contribution in [0.15, 0.2) is 42.5 Å². The average Bonchev–Trinajstić information content (AvgIpc) is 2.75. The van der Waals surface area contributed by atoms with Gasteiger partial charge in [-0.15, -0.1) is 0 Å². The molecule has 2 aromatic rings. The molecule has 0 aliphatic rings. The maximum Gasteiger partial charge on any atom is 0.303 e. The molecule has 0 saturated heterocycles. The molecule has 0 saturated carbocycles.